The first-order valence-electron chi connectivity index (χ1n) is 9.42. The molecule has 1 amide bonds. The van der Waals surface area contributed by atoms with Gasteiger partial charge < -0.3 is 5.32 Å². The largest absolute Gasteiger partial charge is 0.435 e. The number of nitrogens with one attached hydrogen (secondary N) is 1. The van der Waals surface area contributed by atoms with Gasteiger partial charge in [-0.3, -0.25) is 4.79 Å². The average molecular weight is 486 g/mol. The lowest BCUT2D eigenvalue weighted by atomic mass is 10.0. The second-order valence-electron chi connectivity index (χ2n) is 7.11. The van der Waals surface area contributed by atoms with E-state index in [1.54, 1.807) is 19.1 Å². The number of carbonyl (C=O) groups is 1. The van der Waals surface area contributed by atoms with Gasteiger partial charge in [-0.25, -0.2) is 13.1 Å². The van der Waals surface area contributed by atoms with Gasteiger partial charge in [0.25, 0.3) is 0 Å². The Morgan fingerprint density at radius 2 is 1.84 bits per heavy atom. The molecule has 170 valence electrons. The quantitative estimate of drug-likeness (QED) is 0.526. The van der Waals surface area contributed by atoms with Crippen LogP contribution in [0.25, 0.3) is 16.9 Å². The van der Waals surface area contributed by atoms with Crippen LogP contribution in [0.5, 0.6) is 0 Å². The molecule has 0 aliphatic carbocycles. The van der Waals surface area contributed by atoms with E-state index in [0.29, 0.717) is 0 Å². The lowest BCUT2D eigenvalue weighted by molar-refractivity contribution is -0.141. The molecule has 3 aromatic rings. The molecule has 0 aliphatic rings. The van der Waals surface area contributed by atoms with Crippen molar-refractivity contribution in [1.29, 1.82) is 0 Å². The van der Waals surface area contributed by atoms with Crippen LogP contribution >= 0.6 is 11.6 Å². The van der Waals surface area contributed by atoms with Crippen LogP contribution in [-0.2, 0) is 26.6 Å². The molecule has 32 heavy (non-hydrogen) atoms. The van der Waals surface area contributed by atoms with E-state index in [-0.39, 0.29) is 45.5 Å². The summed E-state index contributed by atoms with van der Waals surface area (Å²) in [6.45, 7) is 1.62. The Kier molecular flexibility index (Phi) is 6.66. The summed E-state index contributed by atoms with van der Waals surface area (Å²) in [4.78, 5) is 12.0. The average Bonchev–Trinajstić information content (AvgIpc) is 3.14. The van der Waals surface area contributed by atoms with Crippen LogP contribution in [0, 0.1) is 0 Å². The van der Waals surface area contributed by atoms with E-state index in [0.717, 1.165) is 17.0 Å². The van der Waals surface area contributed by atoms with Crippen molar-refractivity contribution >= 4 is 33.0 Å². The first-order chi connectivity index (χ1) is 14.9. The van der Waals surface area contributed by atoms with E-state index in [4.69, 9.17) is 11.6 Å². The maximum atomic E-state index is 13.5. The minimum Gasteiger partial charge on any atom is -0.326 e. The molecular formula is C21H19ClF3N3O3S. The second kappa shape index (κ2) is 8.95. The van der Waals surface area contributed by atoms with Gasteiger partial charge in [-0.15, -0.1) is 0 Å². The fraction of sp³-hybridized carbons (Fsp3) is 0.238. The zero-order valence-electron chi connectivity index (χ0n) is 17.1. The summed E-state index contributed by atoms with van der Waals surface area (Å²) in [5.74, 6) is -0.860. The van der Waals surface area contributed by atoms with Gasteiger partial charge in [-0.2, -0.15) is 18.3 Å². The highest BCUT2D eigenvalue weighted by Crippen LogP contribution is 2.37. The maximum absolute atomic E-state index is 13.5. The van der Waals surface area contributed by atoms with Crippen LogP contribution in [-0.4, -0.2) is 30.4 Å². The van der Waals surface area contributed by atoms with Crippen LogP contribution in [0.1, 0.15) is 24.6 Å². The van der Waals surface area contributed by atoms with Crippen LogP contribution in [0.3, 0.4) is 0 Å². The molecule has 0 spiro atoms. The van der Waals surface area contributed by atoms with Gasteiger partial charge in [0, 0.05) is 34.5 Å². The zero-order chi connectivity index (χ0) is 23.7. The highest BCUT2D eigenvalue weighted by molar-refractivity contribution is 7.89. The topological polar surface area (TPSA) is 81.1 Å². The number of anilines is 1. The molecule has 1 heterocycles. The van der Waals surface area contributed by atoms with E-state index >= 15 is 0 Å². The number of hydrogen-bond acceptors (Lipinski definition) is 4. The number of aromatic nitrogens is 2. The molecule has 0 bridgehead atoms. The number of carbonyl (C=O) groups excluding carboxylic acids is 1. The predicted octanol–water partition coefficient (Wildman–Crippen LogP) is 5.10. The van der Waals surface area contributed by atoms with Crippen LogP contribution in [0.15, 0.2) is 48.5 Å². The van der Waals surface area contributed by atoms with Gasteiger partial charge in [0.05, 0.1) is 17.1 Å². The first kappa shape index (κ1) is 23.8. The number of benzene rings is 2. The van der Waals surface area contributed by atoms with Crippen molar-refractivity contribution in [3.05, 3.63) is 64.8 Å². The second-order valence-corrected chi connectivity index (χ2v) is 9.68. The highest BCUT2D eigenvalue weighted by Gasteiger charge is 2.36. The standard InChI is InChI=1S/C21H19ClF3N3O3S/c1-3-20(29)26-17-9-5-8-15(16(17)12-32(2,30)31)18-11-19(21(23,24)25)27-28(18)14-7-4-6-13(22)10-14/h4-11H,3,12H2,1-2H3,(H,26,29). The SMILES string of the molecule is CCC(=O)Nc1cccc(-c2cc(C(F)(F)F)nn2-c2cccc(Cl)c2)c1CS(C)(=O)=O. The summed E-state index contributed by atoms with van der Waals surface area (Å²) in [5.41, 5.74) is -0.337. The Morgan fingerprint density at radius 3 is 2.44 bits per heavy atom. The highest BCUT2D eigenvalue weighted by atomic mass is 35.5. The van der Waals surface area contributed by atoms with Crippen LogP contribution in [0.4, 0.5) is 18.9 Å². The molecule has 0 aliphatic heterocycles. The molecular weight excluding hydrogens is 467 g/mol. The van der Waals surface area contributed by atoms with Crippen molar-refractivity contribution < 1.29 is 26.4 Å². The predicted molar refractivity (Wildman–Crippen MR) is 116 cm³/mol. The summed E-state index contributed by atoms with van der Waals surface area (Å²) in [6.07, 6.45) is -3.59. The number of nitrogens with zero attached hydrogens (tertiary/aromatic N) is 2. The third kappa shape index (κ3) is 5.49. The molecule has 0 unspecified atom stereocenters. The summed E-state index contributed by atoms with van der Waals surface area (Å²) < 4.78 is 65.8. The third-order valence-electron chi connectivity index (χ3n) is 4.51. The van der Waals surface area contributed by atoms with E-state index in [9.17, 15) is 26.4 Å². The van der Waals surface area contributed by atoms with E-state index in [1.165, 1.54) is 30.3 Å². The Labute approximate surface area is 187 Å². The van der Waals surface area contributed by atoms with Gasteiger partial charge >= 0.3 is 6.18 Å². The van der Waals surface area contributed by atoms with E-state index < -0.39 is 27.5 Å². The molecule has 0 radical (unpaired) electrons. The molecule has 0 atom stereocenters. The molecule has 2 aromatic carbocycles. The summed E-state index contributed by atoms with van der Waals surface area (Å²) >= 11 is 6.02. The fourth-order valence-corrected chi connectivity index (χ4v) is 4.14. The third-order valence-corrected chi connectivity index (χ3v) is 5.55. The Balaban J connectivity index is 2.32. The van der Waals surface area contributed by atoms with Gasteiger partial charge in [0.2, 0.25) is 5.91 Å². The normalized spacial score (nSPS) is 12.1. The molecule has 0 fully saturated rings. The Bertz CT molecular complexity index is 1270. The van der Waals surface area contributed by atoms with Gasteiger partial charge in [0.1, 0.15) is 0 Å². The number of halogens is 4. The summed E-state index contributed by atoms with van der Waals surface area (Å²) in [5, 5.41) is 6.62. The number of amides is 1. The molecule has 0 saturated carbocycles. The van der Waals surface area contributed by atoms with Crippen LogP contribution < -0.4 is 5.32 Å². The molecule has 1 N–H and O–H groups in total. The number of hydrogen-bond donors (Lipinski definition) is 1. The van der Waals surface area contributed by atoms with Crippen molar-refractivity contribution in [2.75, 3.05) is 11.6 Å². The molecule has 3 rings (SSSR count). The molecule has 1 aromatic heterocycles. The monoisotopic (exact) mass is 485 g/mol. The smallest absolute Gasteiger partial charge is 0.326 e. The number of rotatable bonds is 6. The van der Waals surface area contributed by atoms with Crippen molar-refractivity contribution in [3.63, 3.8) is 0 Å². The summed E-state index contributed by atoms with van der Waals surface area (Å²) in [6, 6.07) is 11.4. The van der Waals surface area contributed by atoms with Crippen molar-refractivity contribution in [1.82, 2.24) is 9.78 Å². The molecule has 0 saturated heterocycles. The zero-order valence-corrected chi connectivity index (χ0v) is 18.6. The van der Waals surface area contributed by atoms with E-state index in [1.807, 2.05) is 0 Å². The van der Waals surface area contributed by atoms with Gasteiger partial charge in [-0.1, -0.05) is 36.7 Å². The fourth-order valence-electron chi connectivity index (χ4n) is 3.12. The van der Waals surface area contributed by atoms with Crippen molar-refractivity contribution in [2.24, 2.45) is 0 Å². The van der Waals surface area contributed by atoms with Crippen molar-refractivity contribution in [2.45, 2.75) is 25.3 Å². The van der Waals surface area contributed by atoms with E-state index in [2.05, 4.69) is 10.4 Å². The molecule has 11 heteroatoms. The Morgan fingerprint density at radius 1 is 1.16 bits per heavy atom. The van der Waals surface area contributed by atoms with Gasteiger partial charge in [-0.05, 0) is 30.3 Å². The first-order valence-corrected chi connectivity index (χ1v) is 11.9. The maximum Gasteiger partial charge on any atom is 0.435 e. The summed E-state index contributed by atoms with van der Waals surface area (Å²) in [7, 11) is -3.60. The minimum absolute atomic E-state index is 0.00541. The lowest BCUT2D eigenvalue weighted by Crippen LogP contribution is -2.14. The minimum atomic E-state index is -4.73. The number of sulfone groups is 1. The Hall–Kier alpha value is -2.85. The molecule has 6 nitrogen and oxygen atoms in total. The van der Waals surface area contributed by atoms with Gasteiger partial charge in [0.15, 0.2) is 15.5 Å². The lowest BCUT2D eigenvalue weighted by Gasteiger charge is -2.16. The van der Waals surface area contributed by atoms with Crippen molar-refractivity contribution in [3.8, 4) is 16.9 Å². The van der Waals surface area contributed by atoms with Crippen LogP contribution in [0.2, 0.25) is 5.02 Å². The number of alkyl halides is 3.